The molecule has 0 unspecified atom stereocenters. The lowest BCUT2D eigenvalue weighted by Gasteiger charge is -2.22. The molecule has 0 amide bonds. The second kappa shape index (κ2) is 4.06. The molecule has 0 bridgehead atoms. The average molecular weight is 281 g/mol. The van der Waals surface area contributed by atoms with Gasteiger partial charge in [-0.2, -0.15) is 45.6 Å². The summed E-state index contributed by atoms with van der Waals surface area (Å²) in [5.74, 6) is 0. The van der Waals surface area contributed by atoms with E-state index in [0.29, 0.717) is 0 Å². The lowest BCUT2D eigenvalue weighted by molar-refractivity contribution is -0.148. The predicted octanol–water partition coefficient (Wildman–Crippen LogP) is 4.54. The van der Waals surface area contributed by atoms with Crippen molar-refractivity contribution in [2.75, 3.05) is 0 Å². The first-order valence-electron chi connectivity index (χ1n) is 4.11. The molecule has 9 heteroatoms. The van der Waals surface area contributed by atoms with Crippen LogP contribution in [0.3, 0.4) is 0 Å². The molecule has 0 aliphatic carbocycles. The van der Waals surface area contributed by atoms with Gasteiger partial charge in [-0.15, -0.1) is 12.1 Å². The Labute approximate surface area is 94.0 Å². The topological polar surface area (TPSA) is 0 Å². The molecule has 0 heterocycles. The van der Waals surface area contributed by atoms with Gasteiger partial charge in [0, 0.05) is 0 Å². The third-order valence-corrected chi connectivity index (χ3v) is 1.81. The van der Waals surface area contributed by atoms with E-state index >= 15 is 0 Å². The Hall–Kier alpha value is -1.41. The van der Waals surface area contributed by atoms with E-state index in [1.54, 1.807) is 0 Å². The van der Waals surface area contributed by atoms with Gasteiger partial charge in [-0.1, -0.05) is 16.7 Å². The normalized spacial score (nSPS) is 13.8. The van der Waals surface area contributed by atoms with Crippen LogP contribution in [-0.4, -0.2) is 0 Å². The summed E-state index contributed by atoms with van der Waals surface area (Å²) >= 11 is 0. The molecule has 0 spiro atoms. The molecular formula is C9H2F9-. The fourth-order valence-electron chi connectivity index (χ4n) is 1.04. The van der Waals surface area contributed by atoms with Crippen molar-refractivity contribution in [1.82, 2.24) is 0 Å². The molecule has 0 aromatic heterocycles. The van der Waals surface area contributed by atoms with E-state index in [1.807, 2.05) is 0 Å². The van der Waals surface area contributed by atoms with E-state index in [2.05, 4.69) is 0 Å². The van der Waals surface area contributed by atoms with E-state index in [-0.39, 0.29) is 0 Å². The number of alkyl halides is 9. The average Bonchev–Trinajstić information content (AvgIpc) is 2.13. The highest BCUT2D eigenvalue weighted by Crippen LogP contribution is 2.39. The van der Waals surface area contributed by atoms with Crippen molar-refractivity contribution in [3.8, 4) is 0 Å². The predicted molar refractivity (Wildman–Crippen MR) is 40.3 cm³/mol. The maximum atomic E-state index is 12.2. The molecule has 0 aliphatic rings. The minimum Gasteiger partial charge on any atom is -0.168 e. The number of hydrogen-bond donors (Lipinski definition) is 0. The van der Waals surface area contributed by atoms with Crippen molar-refractivity contribution < 1.29 is 39.5 Å². The highest BCUT2D eigenvalue weighted by Gasteiger charge is 2.35. The summed E-state index contributed by atoms with van der Waals surface area (Å²) in [6, 6.07) is 0.0440. The van der Waals surface area contributed by atoms with Crippen molar-refractivity contribution in [3.05, 3.63) is 34.9 Å². The fraction of sp³-hybridized carbons (Fsp3) is 0.333. The molecule has 0 saturated carbocycles. The monoisotopic (exact) mass is 281 g/mol. The van der Waals surface area contributed by atoms with Crippen LogP contribution in [0.4, 0.5) is 39.5 Å². The van der Waals surface area contributed by atoms with Gasteiger partial charge < -0.3 is 0 Å². The van der Waals surface area contributed by atoms with E-state index < -0.39 is 47.4 Å². The van der Waals surface area contributed by atoms with Gasteiger partial charge in [0.05, 0.1) is 0 Å². The zero-order valence-corrected chi connectivity index (χ0v) is 8.06. The van der Waals surface area contributed by atoms with Crippen molar-refractivity contribution in [2.45, 2.75) is 18.5 Å². The number of hydrogen-bond acceptors (Lipinski definition) is 0. The lowest BCUT2D eigenvalue weighted by Crippen LogP contribution is -2.15. The highest BCUT2D eigenvalue weighted by molar-refractivity contribution is 5.33. The smallest absolute Gasteiger partial charge is 0.168 e. The summed E-state index contributed by atoms with van der Waals surface area (Å²) in [6.07, 6.45) is -16.0. The molecule has 0 atom stereocenters. The van der Waals surface area contributed by atoms with Crippen LogP contribution in [0.5, 0.6) is 0 Å². The first kappa shape index (κ1) is 14.7. The lowest BCUT2D eigenvalue weighted by atomic mass is 10.0. The van der Waals surface area contributed by atoms with Crippen molar-refractivity contribution >= 4 is 0 Å². The van der Waals surface area contributed by atoms with Gasteiger partial charge in [0.2, 0.25) is 0 Å². The number of benzene rings is 1. The molecule has 1 aromatic carbocycles. The first-order chi connectivity index (χ1) is 7.82. The van der Waals surface area contributed by atoms with E-state index in [9.17, 15) is 39.5 Å². The quantitative estimate of drug-likeness (QED) is 0.483. The third-order valence-electron chi connectivity index (χ3n) is 1.81. The summed E-state index contributed by atoms with van der Waals surface area (Å²) in [5, 5.41) is 0. The van der Waals surface area contributed by atoms with E-state index in [1.165, 1.54) is 0 Å². The van der Waals surface area contributed by atoms with Gasteiger partial charge in [-0.3, -0.25) is 0 Å². The van der Waals surface area contributed by atoms with Crippen molar-refractivity contribution in [2.24, 2.45) is 0 Å². The Balaban J connectivity index is 3.49. The summed E-state index contributed by atoms with van der Waals surface area (Å²) in [5.41, 5.74) is -6.27. The van der Waals surface area contributed by atoms with Crippen molar-refractivity contribution in [3.63, 3.8) is 0 Å². The Morgan fingerprint density at radius 3 is 1.17 bits per heavy atom. The second-order valence-corrected chi connectivity index (χ2v) is 3.19. The Kier molecular flexibility index (Phi) is 3.30. The van der Waals surface area contributed by atoms with Crippen LogP contribution in [0, 0.1) is 6.07 Å². The van der Waals surface area contributed by atoms with Gasteiger partial charge in [0.15, 0.2) is 0 Å². The minimum absolute atomic E-state index is 0.421. The SMILES string of the molecule is FC(F)(F)c1[c-]c(C(F)(F)F)cc(C(F)(F)F)c1. The molecule has 0 N–H and O–H groups in total. The fourth-order valence-corrected chi connectivity index (χ4v) is 1.04. The molecule has 0 aliphatic heterocycles. The van der Waals surface area contributed by atoms with Gasteiger partial charge in [0.25, 0.3) is 0 Å². The standard InChI is InChI=1S/C9H2F9/c10-7(11,12)4-1-5(8(13,14)15)3-6(2-4)9(16,17)18/h1-2H/q-1. The largest absolute Gasteiger partial charge is 0.394 e. The van der Waals surface area contributed by atoms with Gasteiger partial charge in [-0.25, -0.2) is 0 Å². The summed E-state index contributed by atoms with van der Waals surface area (Å²) < 4.78 is 109. The summed E-state index contributed by atoms with van der Waals surface area (Å²) in [7, 11) is 0. The van der Waals surface area contributed by atoms with Crippen LogP contribution in [-0.2, 0) is 18.5 Å². The maximum absolute atomic E-state index is 12.2. The maximum Gasteiger partial charge on any atom is 0.394 e. The summed E-state index contributed by atoms with van der Waals surface area (Å²) in [4.78, 5) is 0. The molecule has 102 valence electrons. The molecule has 18 heavy (non-hydrogen) atoms. The molecule has 0 nitrogen and oxygen atoms in total. The van der Waals surface area contributed by atoms with Crippen LogP contribution in [0.25, 0.3) is 0 Å². The molecule has 0 fully saturated rings. The number of halogens is 9. The van der Waals surface area contributed by atoms with Gasteiger partial charge in [0.1, 0.15) is 0 Å². The minimum atomic E-state index is -5.35. The first-order valence-corrected chi connectivity index (χ1v) is 4.11. The third kappa shape index (κ3) is 3.30. The second-order valence-electron chi connectivity index (χ2n) is 3.19. The summed E-state index contributed by atoms with van der Waals surface area (Å²) in [6.45, 7) is 0. The van der Waals surface area contributed by atoms with Gasteiger partial charge >= 0.3 is 18.5 Å². The zero-order chi connectivity index (χ0) is 14.4. The van der Waals surface area contributed by atoms with E-state index in [0.717, 1.165) is 6.07 Å². The van der Waals surface area contributed by atoms with Gasteiger partial charge in [-0.05, 0) is 0 Å². The molecule has 1 aromatic rings. The molecule has 0 saturated heterocycles. The van der Waals surface area contributed by atoms with Crippen LogP contribution in [0.15, 0.2) is 12.1 Å². The Morgan fingerprint density at radius 2 is 0.944 bits per heavy atom. The Bertz CT molecular complexity index is 356. The molecular weight excluding hydrogens is 279 g/mol. The molecule has 0 radical (unpaired) electrons. The zero-order valence-electron chi connectivity index (χ0n) is 8.06. The number of rotatable bonds is 0. The van der Waals surface area contributed by atoms with Crippen LogP contribution in [0.2, 0.25) is 0 Å². The van der Waals surface area contributed by atoms with E-state index in [4.69, 9.17) is 0 Å². The van der Waals surface area contributed by atoms with Crippen LogP contribution >= 0.6 is 0 Å². The van der Waals surface area contributed by atoms with Crippen LogP contribution < -0.4 is 0 Å². The highest BCUT2D eigenvalue weighted by atomic mass is 19.4. The Morgan fingerprint density at radius 1 is 0.611 bits per heavy atom. The van der Waals surface area contributed by atoms with Crippen LogP contribution in [0.1, 0.15) is 16.7 Å². The van der Waals surface area contributed by atoms with Crippen molar-refractivity contribution in [1.29, 1.82) is 0 Å². The molecule has 1 rings (SSSR count).